The van der Waals surface area contributed by atoms with Crippen molar-refractivity contribution in [3.63, 3.8) is 0 Å². The summed E-state index contributed by atoms with van der Waals surface area (Å²) in [4.78, 5) is 41.4. The molecule has 0 saturated carbocycles. The molecule has 0 fully saturated rings. The van der Waals surface area contributed by atoms with Gasteiger partial charge in [-0.25, -0.2) is 4.79 Å². The number of aromatic nitrogens is 2. The van der Waals surface area contributed by atoms with Crippen LogP contribution in [0.15, 0.2) is 38.4 Å². The Morgan fingerprint density at radius 3 is 2.69 bits per heavy atom. The highest BCUT2D eigenvalue weighted by Gasteiger charge is 2.43. The second-order valence-electron chi connectivity index (χ2n) is 7.67. The van der Waals surface area contributed by atoms with Gasteiger partial charge in [0.15, 0.2) is 5.78 Å². The first-order valence-corrected chi connectivity index (χ1v) is 9.64. The number of nitrogens with zero attached hydrogens (tertiary/aromatic N) is 1. The standard InChI is InChI=1S/C19H21N3O3S/c1-4-22-16-15(17(24)21-18(22)25)14(12-6-5-7-26-12)13-10(20-16)8-19(2,3)9-11(13)23/h5-7,14,20H,4,8-9H2,1-3H3,(H,21,24,25)/t14-/m0/s1. The molecule has 0 radical (unpaired) electrons. The number of nitrogens with one attached hydrogen (secondary N) is 2. The highest BCUT2D eigenvalue weighted by Crippen LogP contribution is 2.48. The summed E-state index contributed by atoms with van der Waals surface area (Å²) in [6.07, 6.45) is 1.16. The van der Waals surface area contributed by atoms with Crippen molar-refractivity contribution in [1.29, 1.82) is 0 Å². The molecule has 0 saturated heterocycles. The van der Waals surface area contributed by atoms with Crippen LogP contribution >= 0.6 is 11.3 Å². The van der Waals surface area contributed by atoms with Gasteiger partial charge in [-0.05, 0) is 30.2 Å². The Balaban J connectivity index is 2.05. The van der Waals surface area contributed by atoms with Crippen molar-refractivity contribution in [3.8, 4) is 0 Å². The minimum Gasteiger partial charge on any atom is -0.344 e. The normalized spacial score (nSPS) is 21.2. The number of carbonyl (C=O) groups excluding carboxylic acids is 1. The van der Waals surface area contributed by atoms with E-state index in [1.165, 1.54) is 15.9 Å². The fraction of sp³-hybridized carbons (Fsp3) is 0.421. The Bertz CT molecular complexity index is 1040. The molecule has 4 rings (SSSR count). The average Bonchev–Trinajstić information content (AvgIpc) is 3.06. The Morgan fingerprint density at radius 2 is 2.04 bits per heavy atom. The zero-order chi connectivity index (χ0) is 18.6. The predicted molar refractivity (Wildman–Crippen MR) is 102 cm³/mol. The molecule has 136 valence electrons. The van der Waals surface area contributed by atoms with Crippen LogP contribution < -0.4 is 16.6 Å². The van der Waals surface area contributed by atoms with Crippen LogP contribution in [0.3, 0.4) is 0 Å². The number of fused-ring (bicyclic) bond motifs is 1. The van der Waals surface area contributed by atoms with Crippen molar-refractivity contribution < 1.29 is 4.79 Å². The molecule has 0 amide bonds. The smallest absolute Gasteiger partial charge is 0.329 e. The number of thiophene rings is 1. The molecule has 2 aromatic heterocycles. The van der Waals surface area contributed by atoms with Crippen LogP contribution in [-0.2, 0) is 11.3 Å². The lowest BCUT2D eigenvalue weighted by Crippen LogP contribution is -2.41. The van der Waals surface area contributed by atoms with Gasteiger partial charge in [0.2, 0.25) is 0 Å². The molecule has 1 aliphatic carbocycles. The van der Waals surface area contributed by atoms with E-state index in [9.17, 15) is 14.4 Å². The monoisotopic (exact) mass is 371 g/mol. The molecule has 3 heterocycles. The van der Waals surface area contributed by atoms with Gasteiger partial charge in [0.1, 0.15) is 5.82 Å². The Kier molecular flexibility index (Phi) is 3.80. The Labute approximate surface area is 154 Å². The quantitative estimate of drug-likeness (QED) is 0.850. The lowest BCUT2D eigenvalue weighted by Gasteiger charge is -2.39. The average molecular weight is 371 g/mol. The van der Waals surface area contributed by atoms with Gasteiger partial charge in [-0.1, -0.05) is 19.9 Å². The summed E-state index contributed by atoms with van der Waals surface area (Å²) >= 11 is 1.52. The number of allylic oxidation sites excluding steroid dienone is 2. The molecule has 7 heteroatoms. The molecule has 0 aromatic carbocycles. The zero-order valence-electron chi connectivity index (χ0n) is 15.0. The van der Waals surface area contributed by atoms with Gasteiger partial charge >= 0.3 is 5.69 Å². The fourth-order valence-corrected chi connectivity index (χ4v) is 4.94. The number of rotatable bonds is 2. The molecular formula is C19H21N3O3S. The van der Waals surface area contributed by atoms with E-state index in [4.69, 9.17) is 0 Å². The van der Waals surface area contributed by atoms with Gasteiger partial charge in [-0.15, -0.1) is 11.3 Å². The maximum Gasteiger partial charge on any atom is 0.329 e. The van der Waals surface area contributed by atoms with Crippen LogP contribution in [-0.4, -0.2) is 15.3 Å². The maximum absolute atomic E-state index is 13.0. The number of aromatic amines is 1. The van der Waals surface area contributed by atoms with Gasteiger partial charge in [-0.3, -0.25) is 19.1 Å². The fourth-order valence-electron chi connectivity index (χ4n) is 4.10. The molecule has 26 heavy (non-hydrogen) atoms. The van der Waals surface area contributed by atoms with Gasteiger partial charge in [0.25, 0.3) is 5.56 Å². The molecule has 6 nitrogen and oxygen atoms in total. The Morgan fingerprint density at radius 1 is 1.27 bits per heavy atom. The summed E-state index contributed by atoms with van der Waals surface area (Å²) in [6, 6.07) is 3.87. The van der Waals surface area contributed by atoms with Crippen LogP contribution in [0.4, 0.5) is 5.82 Å². The summed E-state index contributed by atoms with van der Waals surface area (Å²) in [6.45, 7) is 6.43. The molecular weight excluding hydrogens is 350 g/mol. The second-order valence-corrected chi connectivity index (χ2v) is 8.65. The molecule has 0 bridgehead atoms. The SMILES string of the molecule is CCn1c2c(c(=O)[nH]c1=O)[C@@H](c1cccs1)C1=C(CC(C)(C)CC1=O)N2. The minimum atomic E-state index is -0.431. The van der Waals surface area contributed by atoms with Crippen LogP contribution in [0, 0.1) is 5.41 Å². The second kappa shape index (κ2) is 5.81. The van der Waals surface area contributed by atoms with Crippen molar-refractivity contribution >= 4 is 22.9 Å². The van der Waals surface area contributed by atoms with E-state index in [-0.39, 0.29) is 11.2 Å². The summed E-state index contributed by atoms with van der Waals surface area (Å²) in [5.41, 5.74) is 0.957. The van der Waals surface area contributed by atoms with E-state index in [1.54, 1.807) is 0 Å². The van der Waals surface area contributed by atoms with Crippen LogP contribution in [0.2, 0.25) is 0 Å². The van der Waals surface area contributed by atoms with Crippen molar-refractivity contribution in [1.82, 2.24) is 9.55 Å². The van der Waals surface area contributed by atoms with Crippen molar-refractivity contribution in [2.24, 2.45) is 5.41 Å². The molecule has 2 aromatic rings. The maximum atomic E-state index is 13.0. The van der Waals surface area contributed by atoms with Gasteiger partial charge in [0, 0.05) is 29.1 Å². The number of hydrogen-bond donors (Lipinski definition) is 2. The highest BCUT2D eigenvalue weighted by molar-refractivity contribution is 7.10. The molecule has 0 spiro atoms. The largest absolute Gasteiger partial charge is 0.344 e. The first-order valence-electron chi connectivity index (χ1n) is 8.76. The summed E-state index contributed by atoms with van der Waals surface area (Å²) in [7, 11) is 0. The van der Waals surface area contributed by atoms with Gasteiger partial charge in [0.05, 0.1) is 11.5 Å². The first kappa shape index (κ1) is 17.0. The topological polar surface area (TPSA) is 84.0 Å². The van der Waals surface area contributed by atoms with Gasteiger partial charge < -0.3 is 5.32 Å². The van der Waals surface area contributed by atoms with Crippen molar-refractivity contribution in [2.75, 3.05) is 5.32 Å². The van der Waals surface area contributed by atoms with E-state index >= 15 is 0 Å². The van der Waals surface area contributed by atoms with E-state index in [0.29, 0.717) is 36.3 Å². The lowest BCUT2D eigenvalue weighted by molar-refractivity contribution is -0.118. The highest BCUT2D eigenvalue weighted by atomic mass is 32.1. The molecule has 0 unspecified atom stereocenters. The lowest BCUT2D eigenvalue weighted by atomic mass is 9.70. The predicted octanol–water partition coefficient (Wildman–Crippen LogP) is 2.82. The van der Waals surface area contributed by atoms with E-state index < -0.39 is 17.2 Å². The van der Waals surface area contributed by atoms with E-state index in [2.05, 4.69) is 24.1 Å². The van der Waals surface area contributed by atoms with Crippen LogP contribution in [0.1, 0.15) is 50.0 Å². The molecule has 2 N–H and O–H groups in total. The molecule has 2 aliphatic rings. The molecule has 1 aliphatic heterocycles. The number of ketones is 1. The number of Topliss-reactive ketones (excluding diaryl/α,β-unsaturated/α-hetero) is 1. The summed E-state index contributed by atoms with van der Waals surface area (Å²) in [5, 5.41) is 5.23. The number of hydrogen-bond acceptors (Lipinski definition) is 5. The molecule has 1 atom stereocenters. The summed E-state index contributed by atoms with van der Waals surface area (Å²) in [5.74, 6) is 0.164. The zero-order valence-corrected chi connectivity index (χ0v) is 15.8. The van der Waals surface area contributed by atoms with Crippen molar-refractivity contribution in [3.05, 3.63) is 60.1 Å². The van der Waals surface area contributed by atoms with Crippen LogP contribution in [0.5, 0.6) is 0 Å². The van der Waals surface area contributed by atoms with Crippen molar-refractivity contribution in [2.45, 2.75) is 46.1 Å². The Hall–Kier alpha value is -2.41. The third-order valence-corrected chi connectivity index (χ3v) is 6.08. The van der Waals surface area contributed by atoms with Gasteiger partial charge in [-0.2, -0.15) is 0 Å². The number of H-pyrrole nitrogens is 1. The first-order chi connectivity index (χ1) is 12.3. The third-order valence-electron chi connectivity index (χ3n) is 5.15. The number of carbonyl (C=O) groups is 1. The van der Waals surface area contributed by atoms with E-state index in [1.807, 2.05) is 24.4 Å². The van der Waals surface area contributed by atoms with Crippen LogP contribution in [0.25, 0.3) is 0 Å². The number of anilines is 1. The summed E-state index contributed by atoms with van der Waals surface area (Å²) < 4.78 is 1.53. The third kappa shape index (κ3) is 2.49. The van der Waals surface area contributed by atoms with E-state index in [0.717, 1.165) is 10.6 Å². The minimum absolute atomic E-state index is 0.0708.